The van der Waals surface area contributed by atoms with E-state index in [9.17, 15) is 8.42 Å². The molecule has 3 rings (SSSR count). The topological polar surface area (TPSA) is 76.0 Å². The minimum atomic E-state index is -3.63. The van der Waals surface area contributed by atoms with Crippen molar-refractivity contribution in [2.45, 2.75) is 24.2 Å². The number of nitrogens with one attached hydrogen (secondary N) is 1. The fourth-order valence-electron chi connectivity index (χ4n) is 2.49. The van der Waals surface area contributed by atoms with Crippen LogP contribution in [-0.4, -0.2) is 13.4 Å². The van der Waals surface area contributed by atoms with Crippen molar-refractivity contribution in [3.8, 4) is 0 Å². The van der Waals surface area contributed by atoms with Gasteiger partial charge in [0.15, 0.2) is 0 Å². The molecule has 0 saturated heterocycles. The third kappa shape index (κ3) is 1.28. The van der Waals surface area contributed by atoms with E-state index >= 15 is 0 Å². The fourth-order valence-corrected chi connectivity index (χ4v) is 3.19. The molecule has 0 bridgehead atoms. The molecule has 0 unspecified atom stereocenters. The molecule has 0 atom stereocenters. The van der Waals surface area contributed by atoms with E-state index in [0.29, 0.717) is 5.39 Å². The van der Waals surface area contributed by atoms with Crippen molar-refractivity contribution in [2.75, 3.05) is 0 Å². The summed E-state index contributed by atoms with van der Waals surface area (Å²) in [5, 5.41) is 5.88. The number of aryl methyl sites for hydroxylation is 2. The van der Waals surface area contributed by atoms with Crippen molar-refractivity contribution in [2.24, 2.45) is 5.14 Å². The van der Waals surface area contributed by atoms with Gasteiger partial charge < -0.3 is 4.98 Å². The number of benzene rings is 1. The Kier molecular flexibility index (Phi) is 1.90. The third-order valence-corrected chi connectivity index (χ3v) is 4.15. The summed E-state index contributed by atoms with van der Waals surface area (Å²) in [6, 6.07) is 3.85. The minimum absolute atomic E-state index is 0.192. The zero-order chi connectivity index (χ0) is 11.3. The average molecular weight is 236 g/mol. The van der Waals surface area contributed by atoms with Crippen LogP contribution in [0.1, 0.15) is 17.5 Å². The number of fused-ring (bicyclic) bond motifs is 3. The highest BCUT2D eigenvalue weighted by atomic mass is 32.2. The Bertz CT molecular complexity index is 671. The first-order valence-electron chi connectivity index (χ1n) is 5.22. The second-order valence-electron chi connectivity index (χ2n) is 4.18. The molecule has 0 spiro atoms. The van der Waals surface area contributed by atoms with Gasteiger partial charge in [-0.3, -0.25) is 0 Å². The number of aromatic nitrogens is 1. The van der Waals surface area contributed by atoms with E-state index in [1.54, 1.807) is 0 Å². The fraction of sp³-hybridized carbons (Fsp3) is 0.273. The highest BCUT2D eigenvalue weighted by molar-refractivity contribution is 7.89. The van der Waals surface area contributed by atoms with Crippen LogP contribution in [0, 0.1) is 0 Å². The molecule has 84 valence electrons. The number of aromatic amines is 1. The molecular formula is C11H12N2O2S. The van der Waals surface area contributed by atoms with Crippen molar-refractivity contribution in [3.05, 3.63) is 29.5 Å². The van der Waals surface area contributed by atoms with Gasteiger partial charge in [0.2, 0.25) is 10.0 Å². The van der Waals surface area contributed by atoms with Gasteiger partial charge in [0.05, 0.1) is 5.52 Å². The summed E-state index contributed by atoms with van der Waals surface area (Å²) >= 11 is 0. The minimum Gasteiger partial charge on any atom is -0.360 e. The quantitative estimate of drug-likeness (QED) is 0.783. The Hall–Kier alpha value is -1.33. The highest BCUT2D eigenvalue weighted by Crippen LogP contribution is 2.31. The summed E-state index contributed by atoms with van der Waals surface area (Å²) in [7, 11) is -3.63. The van der Waals surface area contributed by atoms with Gasteiger partial charge in [-0.15, -0.1) is 0 Å². The number of nitrogens with two attached hydrogens (primary N) is 1. The molecule has 1 aliphatic rings. The largest absolute Gasteiger partial charge is 0.360 e. The summed E-state index contributed by atoms with van der Waals surface area (Å²) < 4.78 is 22.7. The Morgan fingerprint density at radius 2 is 2.06 bits per heavy atom. The van der Waals surface area contributed by atoms with Gasteiger partial charge in [-0.2, -0.15) is 0 Å². The van der Waals surface area contributed by atoms with Gasteiger partial charge in [0, 0.05) is 11.6 Å². The zero-order valence-corrected chi connectivity index (χ0v) is 9.47. The molecule has 0 fully saturated rings. The van der Waals surface area contributed by atoms with E-state index in [0.717, 1.165) is 24.8 Å². The lowest BCUT2D eigenvalue weighted by Crippen LogP contribution is -2.11. The first-order valence-corrected chi connectivity index (χ1v) is 6.76. The Morgan fingerprint density at radius 3 is 2.81 bits per heavy atom. The summed E-state index contributed by atoms with van der Waals surface area (Å²) in [5.74, 6) is 0. The smallest absolute Gasteiger partial charge is 0.240 e. The molecule has 0 amide bonds. The van der Waals surface area contributed by atoms with Crippen LogP contribution >= 0.6 is 0 Å². The molecule has 3 N–H and O–H groups in total. The lowest BCUT2D eigenvalue weighted by Gasteiger charge is -2.01. The maximum absolute atomic E-state index is 11.4. The van der Waals surface area contributed by atoms with Gasteiger partial charge in [-0.25, -0.2) is 13.6 Å². The molecular weight excluding hydrogens is 224 g/mol. The molecule has 1 aromatic carbocycles. The number of sulfonamides is 1. The summed E-state index contributed by atoms with van der Waals surface area (Å²) in [4.78, 5) is 3.23. The maximum atomic E-state index is 11.4. The number of primary sulfonamides is 1. The monoisotopic (exact) mass is 236 g/mol. The number of hydrogen-bond donors (Lipinski definition) is 2. The Labute approximate surface area is 93.5 Å². The molecule has 2 aromatic rings. The second kappa shape index (κ2) is 3.09. The van der Waals surface area contributed by atoms with E-state index in [1.807, 2.05) is 12.1 Å². The molecule has 1 aromatic heterocycles. The zero-order valence-electron chi connectivity index (χ0n) is 8.66. The Morgan fingerprint density at radius 1 is 1.25 bits per heavy atom. The van der Waals surface area contributed by atoms with E-state index < -0.39 is 10.0 Å². The van der Waals surface area contributed by atoms with E-state index in [4.69, 9.17) is 5.14 Å². The van der Waals surface area contributed by atoms with E-state index in [1.165, 1.54) is 17.3 Å². The molecule has 0 radical (unpaired) electrons. The molecule has 16 heavy (non-hydrogen) atoms. The van der Waals surface area contributed by atoms with Gasteiger partial charge in [0.25, 0.3) is 0 Å². The molecule has 0 saturated carbocycles. The molecule has 1 aliphatic carbocycles. The predicted octanol–water partition coefficient (Wildman–Crippen LogP) is 1.30. The molecule has 5 heteroatoms. The van der Waals surface area contributed by atoms with Crippen LogP contribution in [0.4, 0.5) is 0 Å². The normalized spacial score (nSPS) is 15.6. The highest BCUT2D eigenvalue weighted by Gasteiger charge is 2.20. The van der Waals surface area contributed by atoms with E-state index in [2.05, 4.69) is 4.98 Å². The van der Waals surface area contributed by atoms with Gasteiger partial charge >= 0.3 is 0 Å². The average Bonchev–Trinajstić information content (AvgIpc) is 2.81. The summed E-state index contributed by atoms with van der Waals surface area (Å²) in [6.07, 6.45) is 4.71. The van der Waals surface area contributed by atoms with Gasteiger partial charge in [0.1, 0.15) is 4.90 Å². The van der Waals surface area contributed by atoms with Gasteiger partial charge in [-0.1, -0.05) is 12.1 Å². The van der Waals surface area contributed by atoms with Crippen molar-refractivity contribution in [1.29, 1.82) is 0 Å². The molecule has 4 nitrogen and oxygen atoms in total. The van der Waals surface area contributed by atoms with Crippen molar-refractivity contribution in [3.63, 3.8) is 0 Å². The van der Waals surface area contributed by atoms with Crippen LogP contribution in [0.5, 0.6) is 0 Å². The van der Waals surface area contributed by atoms with Crippen LogP contribution in [0.3, 0.4) is 0 Å². The summed E-state index contributed by atoms with van der Waals surface area (Å²) in [5.41, 5.74) is 3.49. The number of hydrogen-bond acceptors (Lipinski definition) is 2. The van der Waals surface area contributed by atoms with Crippen LogP contribution < -0.4 is 5.14 Å². The predicted molar refractivity (Wildman–Crippen MR) is 61.7 cm³/mol. The molecule has 0 aliphatic heterocycles. The van der Waals surface area contributed by atoms with Crippen LogP contribution in [0.2, 0.25) is 0 Å². The van der Waals surface area contributed by atoms with Crippen molar-refractivity contribution in [1.82, 2.24) is 4.98 Å². The van der Waals surface area contributed by atoms with Crippen molar-refractivity contribution >= 4 is 20.9 Å². The number of H-pyrrole nitrogens is 1. The van der Waals surface area contributed by atoms with Gasteiger partial charge in [-0.05, 0) is 30.4 Å². The van der Waals surface area contributed by atoms with Crippen LogP contribution in [-0.2, 0) is 22.9 Å². The lowest BCUT2D eigenvalue weighted by molar-refractivity contribution is 0.598. The first-order chi connectivity index (χ1) is 7.57. The lowest BCUT2D eigenvalue weighted by atomic mass is 10.1. The first kappa shape index (κ1) is 9.86. The van der Waals surface area contributed by atoms with Crippen LogP contribution in [0.15, 0.2) is 23.2 Å². The maximum Gasteiger partial charge on any atom is 0.240 e. The molecule has 1 heterocycles. The third-order valence-electron chi connectivity index (χ3n) is 3.20. The number of rotatable bonds is 1. The standard InChI is InChI=1S/C11H12N2O2S/c12-16(14,15)10-6-13-11-8-3-1-2-7(8)4-5-9(10)11/h4-6,13H,1-3H2,(H2,12,14,15). The Balaban J connectivity index is 2.39. The van der Waals surface area contributed by atoms with E-state index in [-0.39, 0.29) is 4.90 Å². The second-order valence-corrected chi connectivity index (χ2v) is 5.71. The SMILES string of the molecule is NS(=O)(=O)c1c[nH]c2c3c(ccc12)CCC3. The van der Waals surface area contributed by atoms with Crippen LogP contribution in [0.25, 0.3) is 10.9 Å². The van der Waals surface area contributed by atoms with Crippen molar-refractivity contribution < 1.29 is 8.42 Å². The summed E-state index contributed by atoms with van der Waals surface area (Å²) in [6.45, 7) is 0.